The molecule has 0 aliphatic rings. The lowest BCUT2D eigenvalue weighted by atomic mass is 9.92. The zero-order chi connectivity index (χ0) is 18.6. The molecule has 136 valence electrons. The molecule has 0 fully saturated rings. The van der Waals surface area contributed by atoms with Crippen LogP contribution in [0.5, 0.6) is 0 Å². The van der Waals surface area contributed by atoms with Gasteiger partial charge in [-0.3, -0.25) is 4.79 Å². The number of carbonyl (C=O) groups is 1. The largest absolute Gasteiger partial charge is 0.469 e. The molecule has 0 amide bonds. The Hall–Kier alpha value is -1.97. The molecule has 0 saturated carbocycles. The molecule has 1 aromatic carbocycles. The molecule has 0 saturated heterocycles. The lowest BCUT2D eigenvalue weighted by molar-refractivity contribution is -0.376. The fraction of sp³-hybridized carbons (Fsp3) is 0.500. The molecule has 4 nitrogen and oxygen atoms in total. The smallest absolute Gasteiger partial charge is 0.430 e. The highest BCUT2D eigenvalue weighted by molar-refractivity contribution is 5.69. The van der Waals surface area contributed by atoms with Crippen LogP contribution in [0.4, 0.5) is 32.0 Å². The van der Waals surface area contributed by atoms with E-state index in [0.29, 0.717) is 18.6 Å². The normalized spacial score (nSPS) is 12.8. The van der Waals surface area contributed by atoms with Crippen molar-refractivity contribution in [1.29, 1.82) is 0 Å². The molecular formula is C14H15F6NO3. The van der Waals surface area contributed by atoms with Crippen LogP contribution in [0.2, 0.25) is 0 Å². The Balaban J connectivity index is 2.84. The van der Waals surface area contributed by atoms with Gasteiger partial charge in [-0.2, -0.15) is 26.3 Å². The van der Waals surface area contributed by atoms with Crippen LogP contribution in [0.25, 0.3) is 0 Å². The quantitative estimate of drug-likeness (QED) is 0.465. The first-order chi connectivity index (χ1) is 10.9. The Morgan fingerprint density at radius 3 is 2.00 bits per heavy atom. The van der Waals surface area contributed by atoms with Gasteiger partial charge in [0.25, 0.3) is 5.60 Å². The predicted molar refractivity (Wildman–Crippen MR) is 72.2 cm³/mol. The van der Waals surface area contributed by atoms with Crippen LogP contribution >= 0.6 is 0 Å². The van der Waals surface area contributed by atoms with Crippen LogP contribution in [0.15, 0.2) is 24.3 Å². The highest BCUT2D eigenvalue weighted by Gasteiger charge is 2.71. The van der Waals surface area contributed by atoms with Crippen LogP contribution in [-0.2, 0) is 15.1 Å². The van der Waals surface area contributed by atoms with E-state index < -0.39 is 29.5 Å². The highest BCUT2D eigenvalue weighted by Crippen LogP contribution is 2.50. The molecule has 0 atom stereocenters. The van der Waals surface area contributed by atoms with E-state index in [-0.39, 0.29) is 18.7 Å². The maximum Gasteiger partial charge on any atom is 0.430 e. The van der Waals surface area contributed by atoms with E-state index in [2.05, 4.69) is 10.1 Å². The van der Waals surface area contributed by atoms with Gasteiger partial charge < -0.3 is 15.2 Å². The number of alkyl halides is 6. The molecule has 0 heterocycles. The predicted octanol–water partition coefficient (Wildman–Crippen LogP) is 3.36. The molecular weight excluding hydrogens is 344 g/mol. The zero-order valence-corrected chi connectivity index (χ0v) is 12.5. The minimum absolute atomic E-state index is 0.115. The molecule has 2 N–H and O–H groups in total. The van der Waals surface area contributed by atoms with E-state index in [1.54, 1.807) is 0 Å². The zero-order valence-electron chi connectivity index (χ0n) is 12.5. The third-order valence-corrected chi connectivity index (χ3v) is 3.24. The van der Waals surface area contributed by atoms with Crippen LogP contribution < -0.4 is 5.32 Å². The Labute approximate surface area is 133 Å². The molecule has 0 radical (unpaired) electrons. The van der Waals surface area contributed by atoms with Crippen molar-refractivity contribution in [2.24, 2.45) is 0 Å². The summed E-state index contributed by atoms with van der Waals surface area (Å²) in [5.41, 5.74) is -6.03. The molecule has 1 rings (SSSR count). The third kappa shape index (κ3) is 4.31. The second-order valence-electron chi connectivity index (χ2n) is 4.89. The van der Waals surface area contributed by atoms with E-state index in [1.807, 2.05) is 0 Å². The molecule has 10 heteroatoms. The van der Waals surface area contributed by atoms with Gasteiger partial charge in [-0.15, -0.1) is 0 Å². The van der Waals surface area contributed by atoms with Crippen molar-refractivity contribution in [3.05, 3.63) is 29.8 Å². The van der Waals surface area contributed by atoms with Gasteiger partial charge in [-0.05, 0) is 18.6 Å². The van der Waals surface area contributed by atoms with Gasteiger partial charge in [0.2, 0.25) is 0 Å². The Bertz CT molecular complexity index is 539. The fourth-order valence-electron chi connectivity index (χ4n) is 1.88. The minimum atomic E-state index is -5.92. The SMILES string of the molecule is COC(=O)CCCNc1ccc(C(O)(C(F)(F)F)C(F)(F)F)cc1. The van der Waals surface area contributed by atoms with Crippen LogP contribution in [-0.4, -0.2) is 37.1 Å². The standard InChI is InChI=1S/C14H15F6NO3/c1-24-11(22)3-2-8-21-10-6-4-9(5-7-10)12(23,13(15,16)17)14(18,19)20/h4-7,21,23H,2-3,8H2,1H3. The summed E-state index contributed by atoms with van der Waals surface area (Å²) in [7, 11) is 1.22. The van der Waals surface area contributed by atoms with E-state index in [9.17, 15) is 36.2 Å². The number of halogens is 6. The summed E-state index contributed by atoms with van der Waals surface area (Å²) in [6, 6.07) is 3.05. The summed E-state index contributed by atoms with van der Waals surface area (Å²) >= 11 is 0. The molecule has 0 aliphatic heterocycles. The van der Waals surface area contributed by atoms with Crippen LogP contribution in [0.3, 0.4) is 0 Å². The van der Waals surface area contributed by atoms with E-state index >= 15 is 0 Å². The molecule has 0 spiro atoms. The van der Waals surface area contributed by atoms with E-state index in [1.165, 1.54) is 7.11 Å². The summed E-state index contributed by atoms with van der Waals surface area (Å²) in [6.07, 6.45) is -11.4. The van der Waals surface area contributed by atoms with Crippen molar-refractivity contribution in [2.45, 2.75) is 30.8 Å². The maximum absolute atomic E-state index is 12.7. The van der Waals surface area contributed by atoms with Gasteiger partial charge in [0, 0.05) is 24.2 Å². The lowest BCUT2D eigenvalue weighted by Crippen LogP contribution is -2.53. The average Bonchev–Trinajstić information content (AvgIpc) is 2.48. The second-order valence-corrected chi connectivity index (χ2v) is 4.89. The van der Waals surface area contributed by atoms with Crippen molar-refractivity contribution < 1.29 is 41.0 Å². The number of benzene rings is 1. The molecule has 0 bridgehead atoms. The number of aliphatic hydroxyl groups is 1. The first-order valence-electron chi connectivity index (χ1n) is 6.70. The highest BCUT2D eigenvalue weighted by atomic mass is 19.4. The Morgan fingerprint density at radius 1 is 1.08 bits per heavy atom. The molecule has 0 aromatic heterocycles. The number of ether oxygens (including phenoxy) is 1. The first-order valence-corrected chi connectivity index (χ1v) is 6.70. The van der Waals surface area contributed by atoms with E-state index in [4.69, 9.17) is 0 Å². The number of methoxy groups -OCH3 is 1. The first kappa shape index (κ1) is 20.1. The van der Waals surface area contributed by atoms with Crippen molar-refractivity contribution in [3.63, 3.8) is 0 Å². The van der Waals surface area contributed by atoms with Crippen LogP contribution in [0.1, 0.15) is 18.4 Å². The van der Waals surface area contributed by atoms with E-state index in [0.717, 1.165) is 12.1 Å². The molecule has 1 aromatic rings. The molecule has 24 heavy (non-hydrogen) atoms. The summed E-state index contributed by atoms with van der Waals surface area (Å²) in [5, 5.41) is 12.0. The maximum atomic E-state index is 12.7. The number of hydrogen-bond acceptors (Lipinski definition) is 4. The minimum Gasteiger partial charge on any atom is -0.469 e. The van der Waals surface area contributed by atoms with Crippen molar-refractivity contribution >= 4 is 11.7 Å². The monoisotopic (exact) mass is 359 g/mol. The van der Waals surface area contributed by atoms with Crippen molar-refractivity contribution in [1.82, 2.24) is 0 Å². The fourth-order valence-corrected chi connectivity index (χ4v) is 1.88. The van der Waals surface area contributed by atoms with Gasteiger partial charge in [0.15, 0.2) is 0 Å². The summed E-state index contributed by atoms with van der Waals surface area (Å²) < 4.78 is 80.7. The number of esters is 1. The summed E-state index contributed by atoms with van der Waals surface area (Å²) in [4.78, 5) is 10.9. The lowest BCUT2D eigenvalue weighted by Gasteiger charge is -2.32. The molecule has 0 aliphatic carbocycles. The summed E-state index contributed by atoms with van der Waals surface area (Å²) in [6.45, 7) is 0.261. The van der Waals surface area contributed by atoms with Gasteiger partial charge in [0.05, 0.1) is 7.11 Å². The van der Waals surface area contributed by atoms with Gasteiger partial charge in [-0.25, -0.2) is 0 Å². The number of anilines is 1. The van der Waals surface area contributed by atoms with Gasteiger partial charge >= 0.3 is 18.3 Å². The second kappa shape index (κ2) is 7.29. The number of rotatable bonds is 6. The average molecular weight is 359 g/mol. The third-order valence-electron chi connectivity index (χ3n) is 3.24. The number of carbonyl (C=O) groups excluding carboxylic acids is 1. The van der Waals surface area contributed by atoms with Crippen LogP contribution in [0, 0.1) is 0 Å². The van der Waals surface area contributed by atoms with Crippen molar-refractivity contribution in [2.75, 3.05) is 19.0 Å². The molecule has 0 unspecified atom stereocenters. The number of hydrogen-bond donors (Lipinski definition) is 2. The Morgan fingerprint density at radius 2 is 1.58 bits per heavy atom. The number of nitrogens with one attached hydrogen (secondary N) is 1. The van der Waals surface area contributed by atoms with Crippen molar-refractivity contribution in [3.8, 4) is 0 Å². The summed E-state index contributed by atoms with van der Waals surface area (Å²) in [5.74, 6) is -0.437. The van der Waals surface area contributed by atoms with Gasteiger partial charge in [-0.1, -0.05) is 12.1 Å². The topological polar surface area (TPSA) is 58.6 Å². The Kier molecular flexibility index (Phi) is 6.09. The van der Waals surface area contributed by atoms with Gasteiger partial charge in [0.1, 0.15) is 0 Å².